The molecule has 0 unspecified atom stereocenters. The summed E-state index contributed by atoms with van der Waals surface area (Å²) in [5.74, 6) is 1.21. The van der Waals surface area contributed by atoms with Crippen LogP contribution in [-0.2, 0) is 17.9 Å². The first kappa shape index (κ1) is 27.3. The lowest BCUT2D eigenvalue weighted by atomic mass is 10.1. The highest BCUT2D eigenvalue weighted by Gasteiger charge is 2.26. The molecule has 7 nitrogen and oxygen atoms in total. The van der Waals surface area contributed by atoms with Crippen LogP contribution < -0.4 is 9.64 Å². The minimum absolute atomic E-state index is 0.0419. The van der Waals surface area contributed by atoms with Crippen molar-refractivity contribution in [1.82, 2.24) is 14.5 Å². The molecule has 1 saturated heterocycles. The smallest absolute Gasteiger partial charge is 0.241 e. The SMILES string of the molecule is N#Cc1ccc(Cn2cncc2CN2CCN(c3cccc(Cl)c3)C(=O)C2)cc1Oc1ccc(-c2ccccc2)cc1. The van der Waals surface area contributed by atoms with Gasteiger partial charge in [0.2, 0.25) is 5.91 Å². The van der Waals surface area contributed by atoms with Gasteiger partial charge >= 0.3 is 0 Å². The number of anilines is 1. The zero-order valence-corrected chi connectivity index (χ0v) is 23.6. The number of amides is 1. The van der Waals surface area contributed by atoms with Crippen molar-refractivity contribution < 1.29 is 9.53 Å². The van der Waals surface area contributed by atoms with Crippen LogP contribution >= 0.6 is 11.6 Å². The summed E-state index contributed by atoms with van der Waals surface area (Å²) in [6.07, 6.45) is 3.63. The molecule has 208 valence electrons. The highest BCUT2D eigenvalue weighted by molar-refractivity contribution is 6.30. The Morgan fingerprint density at radius 2 is 1.69 bits per heavy atom. The minimum atomic E-state index is 0.0419. The van der Waals surface area contributed by atoms with Gasteiger partial charge in [-0.1, -0.05) is 66.2 Å². The maximum absolute atomic E-state index is 12.9. The number of halogens is 1. The summed E-state index contributed by atoms with van der Waals surface area (Å²) in [6, 6.07) is 33.2. The Kier molecular flexibility index (Phi) is 8.00. The number of nitriles is 1. The van der Waals surface area contributed by atoms with Gasteiger partial charge in [0.25, 0.3) is 0 Å². The van der Waals surface area contributed by atoms with Crippen molar-refractivity contribution in [2.24, 2.45) is 0 Å². The average molecular weight is 574 g/mol. The highest BCUT2D eigenvalue weighted by atomic mass is 35.5. The van der Waals surface area contributed by atoms with E-state index in [4.69, 9.17) is 16.3 Å². The van der Waals surface area contributed by atoms with E-state index >= 15 is 0 Å². The third kappa shape index (κ3) is 6.21. The van der Waals surface area contributed by atoms with Gasteiger partial charge < -0.3 is 14.2 Å². The van der Waals surface area contributed by atoms with Crippen LogP contribution in [0.2, 0.25) is 5.02 Å². The van der Waals surface area contributed by atoms with Gasteiger partial charge in [-0.05, 0) is 59.2 Å². The first-order valence-corrected chi connectivity index (χ1v) is 14.1. The van der Waals surface area contributed by atoms with E-state index in [-0.39, 0.29) is 5.91 Å². The third-order valence-corrected chi connectivity index (χ3v) is 7.55. The third-order valence-electron chi connectivity index (χ3n) is 7.31. The topological polar surface area (TPSA) is 74.4 Å². The Morgan fingerprint density at radius 3 is 2.45 bits per heavy atom. The van der Waals surface area contributed by atoms with Crippen LogP contribution in [0.4, 0.5) is 5.69 Å². The lowest BCUT2D eigenvalue weighted by molar-refractivity contribution is -0.121. The van der Waals surface area contributed by atoms with Crippen LogP contribution in [0.5, 0.6) is 11.5 Å². The molecule has 0 N–H and O–H groups in total. The predicted molar refractivity (Wildman–Crippen MR) is 164 cm³/mol. The molecular weight excluding hydrogens is 546 g/mol. The van der Waals surface area contributed by atoms with E-state index < -0.39 is 0 Å². The lowest BCUT2D eigenvalue weighted by Gasteiger charge is -2.34. The molecule has 0 bridgehead atoms. The second kappa shape index (κ2) is 12.3. The van der Waals surface area contributed by atoms with Gasteiger partial charge in [-0.25, -0.2) is 4.98 Å². The average Bonchev–Trinajstić information content (AvgIpc) is 3.44. The molecule has 8 heteroatoms. The van der Waals surface area contributed by atoms with E-state index in [0.717, 1.165) is 34.6 Å². The van der Waals surface area contributed by atoms with Crippen molar-refractivity contribution in [3.05, 3.63) is 131 Å². The Hall–Kier alpha value is -4.90. The molecule has 1 fully saturated rings. The fourth-order valence-corrected chi connectivity index (χ4v) is 5.32. The Morgan fingerprint density at radius 1 is 0.881 bits per heavy atom. The molecule has 6 rings (SSSR count). The quantitative estimate of drug-likeness (QED) is 0.205. The predicted octanol–water partition coefficient (Wildman–Crippen LogP) is 6.76. The fraction of sp³-hybridized carbons (Fsp3) is 0.147. The summed E-state index contributed by atoms with van der Waals surface area (Å²) in [5, 5.41) is 10.3. The number of aromatic nitrogens is 2. The second-order valence-electron chi connectivity index (χ2n) is 10.2. The molecule has 0 atom stereocenters. The van der Waals surface area contributed by atoms with Gasteiger partial charge in [0.15, 0.2) is 0 Å². The van der Waals surface area contributed by atoms with Gasteiger partial charge in [0, 0.05) is 43.1 Å². The molecule has 5 aromatic rings. The summed E-state index contributed by atoms with van der Waals surface area (Å²) < 4.78 is 8.23. The van der Waals surface area contributed by atoms with Crippen LogP contribution in [0.1, 0.15) is 16.8 Å². The zero-order valence-electron chi connectivity index (χ0n) is 22.9. The fourth-order valence-electron chi connectivity index (χ4n) is 5.14. The molecule has 0 spiro atoms. The Labute approximate surface area is 249 Å². The second-order valence-corrected chi connectivity index (χ2v) is 10.6. The number of benzene rings is 4. The number of imidazole rings is 1. The van der Waals surface area contributed by atoms with E-state index in [1.165, 1.54) is 0 Å². The largest absolute Gasteiger partial charge is 0.456 e. The number of hydrogen-bond acceptors (Lipinski definition) is 5. The minimum Gasteiger partial charge on any atom is -0.456 e. The maximum Gasteiger partial charge on any atom is 0.241 e. The molecule has 0 radical (unpaired) electrons. The van der Waals surface area contributed by atoms with Gasteiger partial charge in [-0.2, -0.15) is 5.26 Å². The van der Waals surface area contributed by atoms with Crippen LogP contribution in [0.25, 0.3) is 11.1 Å². The molecule has 0 saturated carbocycles. The van der Waals surface area contributed by atoms with E-state index in [1.807, 2.05) is 79.0 Å². The van der Waals surface area contributed by atoms with Gasteiger partial charge in [0.1, 0.15) is 17.6 Å². The van der Waals surface area contributed by atoms with Crippen LogP contribution in [0.3, 0.4) is 0 Å². The number of ether oxygens (including phenoxy) is 1. The number of carbonyl (C=O) groups excluding carboxylic acids is 1. The number of nitrogens with zero attached hydrogens (tertiary/aromatic N) is 5. The van der Waals surface area contributed by atoms with E-state index in [0.29, 0.717) is 48.3 Å². The molecule has 1 aliphatic heterocycles. The summed E-state index contributed by atoms with van der Waals surface area (Å²) in [6.45, 7) is 2.80. The summed E-state index contributed by atoms with van der Waals surface area (Å²) >= 11 is 6.13. The van der Waals surface area contributed by atoms with Gasteiger partial charge in [-0.15, -0.1) is 0 Å². The molecule has 42 heavy (non-hydrogen) atoms. The van der Waals surface area contributed by atoms with E-state index in [2.05, 4.69) is 32.7 Å². The number of piperazine rings is 1. The molecule has 0 aliphatic carbocycles. The summed E-state index contributed by atoms with van der Waals surface area (Å²) in [4.78, 5) is 21.2. The van der Waals surface area contributed by atoms with E-state index in [1.54, 1.807) is 23.4 Å². The van der Waals surface area contributed by atoms with Crippen molar-refractivity contribution in [3.63, 3.8) is 0 Å². The van der Waals surface area contributed by atoms with Crippen molar-refractivity contribution in [1.29, 1.82) is 5.26 Å². The van der Waals surface area contributed by atoms with Crippen LogP contribution in [-0.4, -0.2) is 40.0 Å². The van der Waals surface area contributed by atoms with Gasteiger partial charge in [0.05, 0.1) is 24.1 Å². The van der Waals surface area contributed by atoms with Crippen molar-refractivity contribution >= 4 is 23.2 Å². The zero-order chi connectivity index (χ0) is 28.9. The Bertz CT molecular complexity index is 1740. The monoisotopic (exact) mass is 573 g/mol. The number of carbonyl (C=O) groups is 1. The maximum atomic E-state index is 12.9. The molecule has 1 aliphatic rings. The molecule has 1 amide bonds. The molecular formula is C34H28ClN5O2. The first-order valence-electron chi connectivity index (χ1n) is 13.7. The number of rotatable bonds is 8. The van der Waals surface area contributed by atoms with Crippen LogP contribution in [0.15, 0.2) is 110 Å². The summed E-state index contributed by atoms with van der Waals surface area (Å²) in [5.41, 5.74) is 5.49. The normalized spacial score (nSPS) is 13.6. The van der Waals surface area contributed by atoms with Gasteiger partial charge in [-0.3, -0.25) is 9.69 Å². The highest BCUT2D eigenvalue weighted by Crippen LogP contribution is 2.29. The molecule has 2 heterocycles. The number of hydrogen-bond donors (Lipinski definition) is 0. The first-order chi connectivity index (χ1) is 20.6. The van der Waals surface area contributed by atoms with Crippen LogP contribution in [0, 0.1) is 11.3 Å². The van der Waals surface area contributed by atoms with Crippen molar-refractivity contribution in [3.8, 4) is 28.7 Å². The summed E-state index contributed by atoms with van der Waals surface area (Å²) in [7, 11) is 0. The molecule has 4 aromatic carbocycles. The van der Waals surface area contributed by atoms with Crippen molar-refractivity contribution in [2.45, 2.75) is 13.1 Å². The van der Waals surface area contributed by atoms with Crippen molar-refractivity contribution in [2.75, 3.05) is 24.5 Å². The Balaban J connectivity index is 1.12. The lowest BCUT2D eigenvalue weighted by Crippen LogP contribution is -2.50. The standard InChI is InChI=1S/C34H28ClN5O2/c35-29-7-4-8-30(18-29)40-16-15-38(23-34(40)41)22-31-20-37-24-39(31)21-25-9-10-28(19-36)33(17-25)42-32-13-11-27(12-14-32)26-5-2-1-3-6-26/h1-14,17-18,20,24H,15-16,21-23H2. The van der Waals surface area contributed by atoms with E-state index in [9.17, 15) is 10.1 Å². The molecule has 1 aromatic heterocycles.